The molecule has 0 amide bonds. The van der Waals surface area contributed by atoms with Gasteiger partial charge in [-0.2, -0.15) is 9.47 Å². The highest BCUT2D eigenvalue weighted by atomic mass is 32.1. The number of fused-ring (bicyclic) bond motifs is 1. The van der Waals surface area contributed by atoms with Gasteiger partial charge in [-0.05, 0) is 63.7 Å². The Morgan fingerprint density at radius 1 is 1.17 bits per heavy atom. The summed E-state index contributed by atoms with van der Waals surface area (Å²) in [6.45, 7) is 9.93. The second kappa shape index (κ2) is 9.29. The minimum atomic E-state index is -0.0724. The fourth-order valence-corrected chi connectivity index (χ4v) is 5.86. The van der Waals surface area contributed by atoms with E-state index in [0.29, 0.717) is 13.2 Å². The van der Waals surface area contributed by atoms with Crippen molar-refractivity contribution in [2.24, 2.45) is 0 Å². The number of aromatic nitrogens is 7. The van der Waals surface area contributed by atoms with Crippen LogP contribution in [-0.4, -0.2) is 66.5 Å². The number of anilines is 1. The Morgan fingerprint density at radius 2 is 2.09 bits per heavy atom. The van der Waals surface area contributed by atoms with Crippen LogP contribution in [-0.2, 0) is 16.0 Å². The van der Waals surface area contributed by atoms with E-state index in [-0.39, 0.29) is 12.3 Å². The second-order valence-electron chi connectivity index (χ2n) is 9.23. The van der Waals surface area contributed by atoms with E-state index in [9.17, 15) is 0 Å². The minimum absolute atomic E-state index is 0.0724. The summed E-state index contributed by atoms with van der Waals surface area (Å²) < 4.78 is 21.7. The maximum Gasteiger partial charge on any atom is 0.150 e. The van der Waals surface area contributed by atoms with Gasteiger partial charge in [-0.3, -0.25) is 0 Å². The number of aryl methyl sites for hydroxylation is 2. The fourth-order valence-electron chi connectivity index (χ4n) is 5.01. The van der Waals surface area contributed by atoms with Crippen molar-refractivity contribution in [3.8, 4) is 22.6 Å². The second-order valence-corrected chi connectivity index (χ2v) is 10.00. The summed E-state index contributed by atoms with van der Waals surface area (Å²) in [5.74, 6) is 0.922. The van der Waals surface area contributed by atoms with Crippen molar-refractivity contribution in [1.29, 1.82) is 0 Å². The summed E-state index contributed by atoms with van der Waals surface area (Å²) in [6.07, 6.45) is 4.94. The van der Waals surface area contributed by atoms with Gasteiger partial charge in [-0.15, -0.1) is 5.10 Å². The first-order valence-corrected chi connectivity index (χ1v) is 13.1. The van der Waals surface area contributed by atoms with E-state index in [2.05, 4.69) is 41.2 Å². The minimum Gasteiger partial charge on any atom is -0.377 e. The van der Waals surface area contributed by atoms with Crippen LogP contribution in [0, 0.1) is 6.92 Å². The van der Waals surface area contributed by atoms with Crippen molar-refractivity contribution < 1.29 is 9.47 Å². The van der Waals surface area contributed by atoms with Crippen molar-refractivity contribution in [3.63, 3.8) is 0 Å². The van der Waals surface area contributed by atoms with Gasteiger partial charge >= 0.3 is 0 Å². The monoisotopic (exact) mass is 494 g/mol. The normalized spacial score (nSPS) is 21.2. The maximum atomic E-state index is 6.09. The fraction of sp³-hybridized carbons (Fsp3) is 0.542. The van der Waals surface area contributed by atoms with E-state index in [1.165, 1.54) is 11.5 Å². The molecule has 2 aliphatic rings. The van der Waals surface area contributed by atoms with Crippen LogP contribution in [0.4, 0.5) is 5.82 Å². The van der Waals surface area contributed by atoms with Gasteiger partial charge in [0.05, 0.1) is 47.2 Å². The van der Waals surface area contributed by atoms with E-state index in [1.54, 1.807) is 0 Å². The first-order chi connectivity index (χ1) is 17.1. The van der Waals surface area contributed by atoms with Crippen LogP contribution < -0.4 is 4.90 Å². The molecule has 184 valence electrons. The zero-order chi connectivity index (χ0) is 23.9. The molecule has 0 spiro atoms. The first-order valence-electron chi connectivity index (χ1n) is 12.4. The number of nitrogens with zero attached hydrogens (tertiary/aromatic N) is 8. The lowest BCUT2D eigenvalue weighted by Gasteiger charge is -2.34. The Morgan fingerprint density at radius 3 is 2.89 bits per heavy atom. The summed E-state index contributed by atoms with van der Waals surface area (Å²) in [7, 11) is 0. The summed E-state index contributed by atoms with van der Waals surface area (Å²) in [5.41, 5.74) is 5.64. The molecule has 0 N–H and O–H groups in total. The summed E-state index contributed by atoms with van der Waals surface area (Å²) in [4.78, 5) is 7.51. The van der Waals surface area contributed by atoms with Gasteiger partial charge in [0.25, 0.3) is 0 Å². The van der Waals surface area contributed by atoms with E-state index in [0.717, 1.165) is 83.3 Å². The molecule has 11 heteroatoms. The zero-order valence-electron chi connectivity index (χ0n) is 20.3. The maximum absolute atomic E-state index is 6.09. The lowest BCUT2D eigenvalue weighted by molar-refractivity contribution is -0.0385. The Kier molecular flexibility index (Phi) is 5.99. The van der Waals surface area contributed by atoms with Gasteiger partial charge in [-0.1, -0.05) is 5.21 Å². The lowest BCUT2D eigenvalue weighted by Crippen LogP contribution is -2.44. The largest absolute Gasteiger partial charge is 0.377 e. The molecule has 0 radical (unpaired) electrons. The molecule has 2 fully saturated rings. The van der Waals surface area contributed by atoms with Crippen molar-refractivity contribution in [2.45, 2.75) is 58.8 Å². The molecule has 2 aliphatic heterocycles. The number of hydrogen-bond acceptors (Lipinski definition) is 9. The molecule has 35 heavy (non-hydrogen) atoms. The van der Waals surface area contributed by atoms with Crippen LogP contribution in [0.3, 0.4) is 0 Å². The highest BCUT2D eigenvalue weighted by molar-refractivity contribution is 7.14. The van der Waals surface area contributed by atoms with Crippen LogP contribution in [0.2, 0.25) is 0 Å². The molecule has 10 nitrogen and oxygen atoms in total. The molecule has 2 atom stereocenters. The average Bonchev–Trinajstić information content (AvgIpc) is 3.62. The molecule has 4 aromatic heterocycles. The molecule has 2 saturated heterocycles. The number of rotatable bonds is 5. The van der Waals surface area contributed by atoms with Crippen molar-refractivity contribution in [2.75, 3.05) is 31.3 Å². The Hall–Kier alpha value is -2.89. The van der Waals surface area contributed by atoms with Crippen molar-refractivity contribution in [1.82, 2.24) is 34.1 Å². The van der Waals surface area contributed by atoms with E-state index >= 15 is 0 Å². The van der Waals surface area contributed by atoms with Gasteiger partial charge in [-0.25, -0.2) is 14.3 Å². The number of pyridine rings is 1. The summed E-state index contributed by atoms with van der Waals surface area (Å²) >= 11 is 1.47. The Labute approximate surface area is 208 Å². The van der Waals surface area contributed by atoms with Gasteiger partial charge < -0.3 is 14.4 Å². The molecule has 0 bridgehead atoms. The predicted molar refractivity (Wildman–Crippen MR) is 135 cm³/mol. The third kappa shape index (κ3) is 4.01. The Bertz CT molecular complexity index is 1340. The number of ether oxygens (including phenoxy) is 2. The lowest BCUT2D eigenvalue weighted by atomic mass is 10.1. The van der Waals surface area contributed by atoms with Gasteiger partial charge in [0.2, 0.25) is 0 Å². The topological polar surface area (TPSA) is 96.0 Å². The zero-order valence-corrected chi connectivity index (χ0v) is 21.2. The van der Waals surface area contributed by atoms with E-state index in [4.69, 9.17) is 23.9 Å². The van der Waals surface area contributed by atoms with E-state index < -0.39 is 0 Å². The van der Waals surface area contributed by atoms with Crippen LogP contribution in [0.25, 0.3) is 32.9 Å². The molecule has 0 aromatic carbocycles. The molecule has 1 unspecified atom stereocenters. The summed E-state index contributed by atoms with van der Waals surface area (Å²) in [5, 5.41) is 13.3. The van der Waals surface area contributed by atoms with Crippen molar-refractivity contribution >= 4 is 27.6 Å². The van der Waals surface area contributed by atoms with Crippen LogP contribution in [0.1, 0.15) is 45.0 Å². The smallest absolute Gasteiger partial charge is 0.150 e. The SMILES string of the molecule is CCn1nncc1-c1cc(N2CCOC[C@H]2C)nc2c(-c3cc(C)nn3C3CCCCO3)nsc12. The molecule has 4 aromatic rings. The molecular weight excluding hydrogens is 464 g/mol. The summed E-state index contributed by atoms with van der Waals surface area (Å²) in [6, 6.07) is 4.48. The standard InChI is InChI=1S/C24H30N8O2S/c1-4-31-19(13-25-29-31)17-12-20(30-8-10-33-14-16(30)3)26-23-22(28-35-24(17)23)18-11-15(2)27-32(18)21-7-5-6-9-34-21/h11-13,16,21H,4-10,14H2,1-3H3/t16-,21?/m1/s1. The van der Waals surface area contributed by atoms with E-state index in [1.807, 2.05) is 22.5 Å². The molecule has 6 rings (SSSR count). The molecule has 6 heterocycles. The molecule has 0 aliphatic carbocycles. The quantitative estimate of drug-likeness (QED) is 0.410. The van der Waals surface area contributed by atoms with Crippen molar-refractivity contribution in [3.05, 3.63) is 24.0 Å². The molecular formula is C24H30N8O2S. The first kappa shape index (κ1) is 22.6. The van der Waals surface area contributed by atoms with Crippen LogP contribution in [0.5, 0.6) is 0 Å². The van der Waals surface area contributed by atoms with Gasteiger partial charge in [0.1, 0.15) is 17.0 Å². The third-order valence-corrected chi connectivity index (χ3v) is 7.67. The highest BCUT2D eigenvalue weighted by Crippen LogP contribution is 2.40. The molecule has 0 saturated carbocycles. The van der Waals surface area contributed by atoms with Crippen LogP contribution >= 0.6 is 11.5 Å². The number of morpholine rings is 1. The third-order valence-electron chi connectivity index (χ3n) is 6.80. The number of hydrogen-bond donors (Lipinski definition) is 0. The van der Waals surface area contributed by atoms with Gasteiger partial charge in [0, 0.05) is 25.3 Å². The average molecular weight is 495 g/mol. The Balaban J connectivity index is 1.55. The van der Waals surface area contributed by atoms with Crippen LogP contribution in [0.15, 0.2) is 18.3 Å². The van der Waals surface area contributed by atoms with Gasteiger partial charge in [0.15, 0.2) is 6.23 Å². The predicted octanol–water partition coefficient (Wildman–Crippen LogP) is 4.07. The highest BCUT2D eigenvalue weighted by Gasteiger charge is 2.27.